The molecule has 0 atom stereocenters. The Hall–Kier alpha value is -1.31. The van der Waals surface area contributed by atoms with Crippen LogP contribution in [0.3, 0.4) is 0 Å². The van der Waals surface area contributed by atoms with E-state index in [2.05, 4.69) is 5.32 Å². The first-order valence-electron chi connectivity index (χ1n) is 5.89. The Morgan fingerprint density at radius 1 is 1.45 bits per heavy atom. The van der Waals surface area contributed by atoms with Gasteiger partial charge in [-0.15, -0.1) is 0 Å². The predicted octanol–water partition coefficient (Wildman–Crippen LogP) is 1.11. The van der Waals surface area contributed by atoms with Gasteiger partial charge in [0.1, 0.15) is 10.6 Å². The van der Waals surface area contributed by atoms with Crippen molar-refractivity contribution in [2.24, 2.45) is 0 Å². The number of nitrogens with one attached hydrogen (secondary N) is 1. The lowest BCUT2D eigenvalue weighted by Crippen LogP contribution is -2.38. The van der Waals surface area contributed by atoms with E-state index in [-0.39, 0.29) is 28.1 Å². The molecule has 1 amide bonds. The molecule has 0 aliphatic carbocycles. The fraction of sp³-hybridized carbons (Fsp3) is 0.417. The van der Waals surface area contributed by atoms with Gasteiger partial charge in [-0.1, -0.05) is 11.6 Å². The van der Waals surface area contributed by atoms with Crippen LogP contribution < -0.4 is 10.1 Å². The number of hydrogen-bond donors (Lipinski definition) is 1. The first-order valence-corrected chi connectivity index (χ1v) is 7.71. The Morgan fingerprint density at radius 3 is 2.65 bits per heavy atom. The number of sulfonamides is 1. The van der Waals surface area contributed by atoms with Gasteiger partial charge >= 0.3 is 0 Å². The van der Waals surface area contributed by atoms with Crippen LogP contribution in [0.5, 0.6) is 5.75 Å². The largest absolute Gasteiger partial charge is 0.495 e. The van der Waals surface area contributed by atoms with Crippen LogP contribution in [0.2, 0.25) is 5.02 Å². The molecule has 0 spiro atoms. The van der Waals surface area contributed by atoms with Crippen molar-refractivity contribution < 1.29 is 17.9 Å². The molecule has 1 N–H and O–H groups in total. The summed E-state index contributed by atoms with van der Waals surface area (Å²) in [6.07, 6.45) is 0. The number of carbonyl (C=O) groups excluding carboxylic acids is 1. The Labute approximate surface area is 123 Å². The molecule has 0 fully saturated rings. The van der Waals surface area contributed by atoms with Crippen molar-refractivity contribution in [3.05, 3.63) is 23.2 Å². The van der Waals surface area contributed by atoms with Gasteiger partial charge in [0.15, 0.2) is 0 Å². The summed E-state index contributed by atoms with van der Waals surface area (Å²) in [6.45, 7) is 1.92. The second-order valence-electron chi connectivity index (χ2n) is 4.01. The summed E-state index contributed by atoms with van der Waals surface area (Å²) in [5.41, 5.74) is 0. The molecule has 112 valence electrons. The van der Waals surface area contributed by atoms with Crippen molar-refractivity contribution in [1.82, 2.24) is 9.62 Å². The summed E-state index contributed by atoms with van der Waals surface area (Å²) in [4.78, 5) is 11.4. The molecular formula is C12H17ClN2O4S. The monoisotopic (exact) mass is 320 g/mol. The standard InChI is InChI=1S/C12H17ClN2O4S/c1-4-14-12(16)8-15(2)20(17,18)11-7-9(13)5-6-10(11)19-3/h5-7H,4,8H2,1-3H3,(H,14,16). The third-order valence-corrected chi connectivity index (χ3v) is 4.61. The van der Waals surface area contributed by atoms with Crippen LogP contribution in [0.4, 0.5) is 0 Å². The minimum absolute atomic E-state index is 0.0701. The average molecular weight is 321 g/mol. The summed E-state index contributed by atoms with van der Waals surface area (Å²) in [6, 6.07) is 4.29. The molecule has 0 heterocycles. The minimum atomic E-state index is -3.85. The van der Waals surface area contributed by atoms with E-state index >= 15 is 0 Å². The number of ether oxygens (including phenoxy) is 1. The maximum Gasteiger partial charge on any atom is 0.247 e. The Balaban J connectivity index is 3.10. The maximum atomic E-state index is 12.4. The van der Waals surface area contributed by atoms with Gasteiger partial charge in [0.25, 0.3) is 0 Å². The Morgan fingerprint density at radius 2 is 2.10 bits per heavy atom. The Kier molecular flexibility index (Phi) is 5.79. The third-order valence-electron chi connectivity index (χ3n) is 2.55. The molecule has 8 heteroatoms. The van der Waals surface area contributed by atoms with Crippen LogP contribution in [-0.2, 0) is 14.8 Å². The lowest BCUT2D eigenvalue weighted by molar-refractivity contribution is -0.121. The van der Waals surface area contributed by atoms with Gasteiger partial charge < -0.3 is 10.1 Å². The topological polar surface area (TPSA) is 75.7 Å². The van der Waals surface area contributed by atoms with Crippen molar-refractivity contribution in [1.29, 1.82) is 0 Å². The first kappa shape index (κ1) is 16.7. The molecule has 0 bridgehead atoms. The predicted molar refractivity (Wildman–Crippen MR) is 76.5 cm³/mol. The number of hydrogen-bond acceptors (Lipinski definition) is 4. The van der Waals surface area contributed by atoms with Crippen LogP contribution in [0.15, 0.2) is 23.1 Å². The summed E-state index contributed by atoms with van der Waals surface area (Å²) >= 11 is 5.82. The van der Waals surface area contributed by atoms with E-state index in [1.54, 1.807) is 6.92 Å². The second-order valence-corrected chi connectivity index (χ2v) is 6.46. The molecule has 6 nitrogen and oxygen atoms in total. The quantitative estimate of drug-likeness (QED) is 0.852. The van der Waals surface area contributed by atoms with E-state index in [9.17, 15) is 13.2 Å². The molecule has 0 unspecified atom stereocenters. The summed E-state index contributed by atoms with van der Waals surface area (Å²) < 4.78 is 30.8. The Bertz CT molecular complexity index is 589. The normalized spacial score (nSPS) is 11.4. The van der Waals surface area contributed by atoms with E-state index in [1.807, 2.05) is 0 Å². The molecule has 1 aromatic rings. The van der Waals surface area contributed by atoms with Crippen LogP contribution in [0.1, 0.15) is 6.92 Å². The number of halogens is 1. The molecule has 0 aromatic heterocycles. The molecule has 0 saturated carbocycles. The highest BCUT2D eigenvalue weighted by Crippen LogP contribution is 2.28. The maximum absolute atomic E-state index is 12.4. The van der Waals surface area contributed by atoms with Gasteiger partial charge in [-0.25, -0.2) is 8.42 Å². The molecular weight excluding hydrogens is 304 g/mol. The van der Waals surface area contributed by atoms with Crippen molar-refractivity contribution in [3.8, 4) is 5.75 Å². The highest BCUT2D eigenvalue weighted by molar-refractivity contribution is 7.89. The fourth-order valence-electron chi connectivity index (χ4n) is 1.56. The number of likely N-dealkylation sites (N-methyl/N-ethyl adjacent to an activating group) is 2. The van der Waals surface area contributed by atoms with Crippen molar-refractivity contribution in [3.63, 3.8) is 0 Å². The summed E-state index contributed by atoms with van der Waals surface area (Å²) in [7, 11) is -1.16. The van der Waals surface area contributed by atoms with Crippen LogP contribution >= 0.6 is 11.6 Å². The van der Waals surface area contributed by atoms with E-state index in [4.69, 9.17) is 16.3 Å². The third kappa shape index (κ3) is 3.84. The summed E-state index contributed by atoms with van der Waals surface area (Å²) in [5.74, 6) is -0.197. The first-order chi connectivity index (χ1) is 9.32. The van der Waals surface area contributed by atoms with Gasteiger partial charge in [-0.3, -0.25) is 4.79 Å². The highest BCUT2D eigenvalue weighted by Gasteiger charge is 2.26. The molecule has 1 aromatic carbocycles. The fourth-order valence-corrected chi connectivity index (χ4v) is 3.10. The molecule has 0 saturated heterocycles. The van der Waals surface area contributed by atoms with E-state index < -0.39 is 10.0 Å². The van der Waals surface area contributed by atoms with Gasteiger partial charge in [0.2, 0.25) is 15.9 Å². The van der Waals surface area contributed by atoms with Gasteiger partial charge in [0.05, 0.1) is 13.7 Å². The van der Waals surface area contributed by atoms with Crippen LogP contribution in [0, 0.1) is 0 Å². The number of methoxy groups -OCH3 is 1. The minimum Gasteiger partial charge on any atom is -0.495 e. The second kappa shape index (κ2) is 6.92. The highest BCUT2D eigenvalue weighted by atomic mass is 35.5. The zero-order chi connectivity index (χ0) is 15.3. The van der Waals surface area contributed by atoms with Gasteiger partial charge in [-0.2, -0.15) is 4.31 Å². The van der Waals surface area contributed by atoms with E-state index in [1.165, 1.54) is 32.4 Å². The molecule has 0 aliphatic rings. The number of rotatable bonds is 6. The molecule has 20 heavy (non-hydrogen) atoms. The molecule has 1 rings (SSSR count). The number of amides is 1. The zero-order valence-electron chi connectivity index (χ0n) is 11.5. The summed E-state index contributed by atoms with van der Waals surface area (Å²) in [5, 5.41) is 2.81. The average Bonchev–Trinajstić information content (AvgIpc) is 2.38. The number of nitrogens with zero attached hydrogens (tertiary/aromatic N) is 1. The van der Waals surface area contributed by atoms with Crippen LogP contribution in [-0.4, -0.2) is 45.9 Å². The van der Waals surface area contributed by atoms with E-state index in [0.717, 1.165) is 4.31 Å². The smallest absolute Gasteiger partial charge is 0.247 e. The van der Waals surface area contributed by atoms with Crippen molar-refractivity contribution in [2.45, 2.75) is 11.8 Å². The number of carbonyl (C=O) groups is 1. The van der Waals surface area contributed by atoms with Crippen molar-refractivity contribution in [2.75, 3.05) is 27.2 Å². The molecule has 0 radical (unpaired) electrons. The van der Waals surface area contributed by atoms with Crippen molar-refractivity contribution >= 4 is 27.5 Å². The number of benzene rings is 1. The SMILES string of the molecule is CCNC(=O)CN(C)S(=O)(=O)c1cc(Cl)ccc1OC. The lowest BCUT2D eigenvalue weighted by Gasteiger charge is -2.18. The van der Waals surface area contributed by atoms with Crippen LogP contribution in [0.25, 0.3) is 0 Å². The molecule has 0 aliphatic heterocycles. The lowest BCUT2D eigenvalue weighted by atomic mass is 10.3. The van der Waals surface area contributed by atoms with Gasteiger partial charge in [-0.05, 0) is 25.1 Å². The van der Waals surface area contributed by atoms with Gasteiger partial charge in [0, 0.05) is 18.6 Å². The van der Waals surface area contributed by atoms with E-state index in [0.29, 0.717) is 6.54 Å². The zero-order valence-corrected chi connectivity index (χ0v) is 13.1.